The Hall–Kier alpha value is -1.49. The average molecular weight is 268 g/mol. The Morgan fingerprint density at radius 1 is 1.47 bits per heavy atom. The number of aryl methyl sites for hydroxylation is 1. The smallest absolute Gasteiger partial charge is 0.132 e. The summed E-state index contributed by atoms with van der Waals surface area (Å²) in [5.74, 6) is 0.771. The molecule has 0 fully saturated rings. The summed E-state index contributed by atoms with van der Waals surface area (Å²) in [5.41, 5.74) is 8.26. The standard InChI is InChI=1S/C10H10BrN3O/c1-5-2-6(3-8(11)9(5)15)7-4-13-14-10(7)12/h2-4,15H,1H3,(H3,12,13,14). The number of hydrogen-bond acceptors (Lipinski definition) is 3. The Kier molecular flexibility index (Phi) is 2.40. The summed E-state index contributed by atoms with van der Waals surface area (Å²) in [6.07, 6.45) is 1.66. The number of nitrogens with one attached hydrogen (secondary N) is 1. The highest BCUT2D eigenvalue weighted by Gasteiger charge is 2.09. The van der Waals surface area contributed by atoms with Crippen LogP contribution in [-0.2, 0) is 0 Å². The fraction of sp³-hybridized carbons (Fsp3) is 0.100. The number of aromatic hydroxyl groups is 1. The van der Waals surface area contributed by atoms with Gasteiger partial charge in [0.05, 0.1) is 10.7 Å². The number of aromatic amines is 1. The summed E-state index contributed by atoms with van der Waals surface area (Å²) < 4.78 is 0.651. The molecule has 0 aliphatic heterocycles. The number of H-pyrrole nitrogens is 1. The molecule has 0 saturated carbocycles. The third-order valence-electron chi connectivity index (χ3n) is 2.23. The second kappa shape index (κ2) is 3.58. The van der Waals surface area contributed by atoms with Gasteiger partial charge in [-0.1, -0.05) is 0 Å². The number of nitrogens with two attached hydrogens (primary N) is 1. The van der Waals surface area contributed by atoms with E-state index in [1.54, 1.807) is 6.20 Å². The highest BCUT2D eigenvalue weighted by atomic mass is 79.9. The topological polar surface area (TPSA) is 74.9 Å². The van der Waals surface area contributed by atoms with Crippen molar-refractivity contribution >= 4 is 21.7 Å². The Morgan fingerprint density at radius 3 is 2.73 bits per heavy atom. The van der Waals surface area contributed by atoms with E-state index in [2.05, 4.69) is 26.1 Å². The summed E-state index contributed by atoms with van der Waals surface area (Å²) in [6, 6.07) is 3.67. The summed E-state index contributed by atoms with van der Waals surface area (Å²) in [5, 5.41) is 16.1. The second-order valence-electron chi connectivity index (χ2n) is 3.32. The molecule has 0 amide bonds. The second-order valence-corrected chi connectivity index (χ2v) is 4.18. The number of nitrogen functional groups attached to an aromatic ring is 1. The highest BCUT2D eigenvalue weighted by molar-refractivity contribution is 9.10. The van der Waals surface area contributed by atoms with Crippen molar-refractivity contribution in [3.8, 4) is 16.9 Å². The minimum absolute atomic E-state index is 0.251. The van der Waals surface area contributed by atoms with E-state index < -0.39 is 0 Å². The van der Waals surface area contributed by atoms with Crippen molar-refractivity contribution < 1.29 is 5.11 Å². The van der Waals surface area contributed by atoms with Gasteiger partial charge in [-0.15, -0.1) is 0 Å². The van der Waals surface area contributed by atoms with E-state index in [1.165, 1.54) is 0 Å². The molecule has 4 nitrogen and oxygen atoms in total. The van der Waals surface area contributed by atoms with Crippen LogP contribution in [0.4, 0.5) is 5.82 Å². The lowest BCUT2D eigenvalue weighted by Crippen LogP contribution is -1.88. The minimum atomic E-state index is 0.251. The van der Waals surface area contributed by atoms with Crippen molar-refractivity contribution in [2.45, 2.75) is 6.92 Å². The lowest BCUT2D eigenvalue weighted by Gasteiger charge is -2.05. The quantitative estimate of drug-likeness (QED) is 0.743. The Morgan fingerprint density at radius 2 is 2.20 bits per heavy atom. The first-order valence-corrected chi connectivity index (χ1v) is 5.17. The van der Waals surface area contributed by atoms with E-state index in [9.17, 15) is 5.11 Å². The van der Waals surface area contributed by atoms with Gasteiger partial charge in [0.1, 0.15) is 11.6 Å². The molecule has 0 aliphatic carbocycles. The molecule has 0 radical (unpaired) electrons. The Labute approximate surface area is 95.3 Å². The first kappa shape index (κ1) is 10.0. The van der Waals surface area contributed by atoms with Crippen LogP contribution in [0.3, 0.4) is 0 Å². The molecule has 0 aliphatic rings. The monoisotopic (exact) mass is 267 g/mol. The van der Waals surface area contributed by atoms with Crippen molar-refractivity contribution in [2.24, 2.45) is 0 Å². The van der Waals surface area contributed by atoms with Crippen molar-refractivity contribution in [1.82, 2.24) is 10.2 Å². The summed E-state index contributed by atoms with van der Waals surface area (Å²) in [7, 11) is 0. The van der Waals surface area contributed by atoms with Crippen molar-refractivity contribution in [3.05, 3.63) is 28.4 Å². The van der Waals surface area contributed by atoms with Crippen LogP contribution in [-0.4, -0.2) is 15.3 Å². The molecule has 78 valence electrons. The number of aromatic nitrogens is 2. The normalized spacial score (nSPS) is 10.5. The SMILES string of the molecule is Cc1cc(-c2cn[nH]c2N)cc(Br)c1O. The highest BCUT2D eigenvalue weighted by Crippen LogP contribution is 2.34. The largest absolute Gasteiger partial charge is 0.506 e. The molecule has 0 saturated heterocycles. The van der Waals surface area contributed by atoms with Gasteiger partial charge in [-0.05, 0) is 46.1 Å². The van der Waals surface area contributed by atoms with Crippen molar-refractivity contribution in [1.29, 1.82) is 0 Å². The summed E-state index contributed by atoms with van der Waals surface area (Å²) in [6.45, 7) is 1.83. The maximum Gasteiger partial charge on any atom is 0.132 e. The van der Waals surface area contributed by atoms with Crippen molar-refractivity contribution in [2.75, 3.05) is 5.73 Å². The van der Waals surface area contributed by atoms with Gasteiger partial charge in [0.15, 0.2) is 0 Å². The zero-order valence-corrected chi connectivity index (χ0v) is 9.67. The van der Waals surface area contributed by atoms with E-state index in [0.717, 1.165) is 16.7 Å². The number of hydrogen-bond donors (Lipinski definition) is 3. The third-order valence-corrected chi connectivity index (χ3v) is 2.84. The van der Waals surface area contributed by atoms with E-state index in [4.69, 9.17) is 5.73 Å². The van der Waals surface area contributed by atoms with Crippen LogP contribution in [0.2, 0.25) is 0 Å². The molecule has 0 atom stereocenters. The van der Waals surface area contributed by atoms with Crippen LogP contribution in [0.15, 0.2) is 22.8 Å². The minimum Gasteiger partial charge on any atom is -0.506 e. The Balaban J connectivity index is 2.60. The molecule has 2 rings (SSSR count). The number of anilines is 1. The molecule has 1 aromatic carbocycles. The molecule has 0 bridgehead atoms. The molecule has 1 heterocycles. The van der Waals surface area contributed by atoms with Crippen LogP contribution in [0, 0.1) is 6.92 Å². The van der Waals surface area contributed by atoms with Gasteiger partial charge in [-0.3, -0.25) is 5.10 Å². The van der Waals surface area contributed by atoms with E-state index >= 15 is 0 Å². The molecule has 0 spiro atoms. The van der Waals surface area contributed by atoms with Gasteiger partial charge in [0, 0.05) is 5.56 Å². The number of rotatable bonds is 1. The van der Waals surface area contributed by atoms with E-state index in [-0.39, 0.29) is 5.75 Å². The zero-order chi connectivity index (χ0) is 11.0. The molecule has 2 aromatic rings. The summed E-state index contributed by atoms with van der Waals surface area (Å²) >= 11 is 3.29. The molecule has 0 unspecified atom stereocenters. The average Bonchev–Trinajstić information content (AvgIpc) is 2.60. The third kappa shape index (κ3) is 1.70. The Bertz CT molecular complexity index is 484. The van der Waals surface area contributed by atoms with Crippen LogP contribution >= 0.6 is 15.9 Å². The number of nitrogens with zero attached hydrogens (tertiary/aromatic N) is 1. The lowest BCUT2D eigenvalue weighted by molar-refractivity contribution is 0.468. The maximum absolute atomic E-state index is 9.60. The first-order valence-electron chi connectivity index (χ1n) is 4.38. The van der Waals surface area contributed by atoms with Crippen LogP contribution in [0.25, 0.3) is 11.1 Å². The predicted octanol–water partition coefficient (Wildman–Crippen LogP) is 2.44. The fourth-order valence-electron chi connectivity index (χ4n) is 1.42. The number of phenolic OH excluding ortho intramolecular Hbond substituents is 1. The van der Waals surface area contributed by atoms with Crippen molar-refractivity contribution in [3.63, 3.8) is 0 Å². The number of halogens is 1. The van der Waals surface area contributed by atoms with E-state index in [0.29, 0.717) is 10.3 Å². The van der Waals surface area contributed by atoms with Gasteiger partial charge >= 0.3 is 0 Å². The predicted molar refractivity (Wildman–Crippen MR) is 62.5 cm³/mol. The zero-order valence-electron chi connectivity index (χ0n) is 8.08. The lowest BCUT2D eigenvalue weighted by atomic mass is 10.1. The van der Waals surface area contributed by atoms with Gasteiger partial charge < -0.3 is 10.8 Å². The molecule has 4 N–H and O–H groups in total. The molecule has 15 heavy (non-hydrogen) atoms. The van der Waals surface area contributed by atoms with E-state index in [1.807, 2.05) is 19.1 Å². The van der Waals surface area contributed by atoms with Crippen LogP contribution in [0.5, 0.6) is 5.75 Å². The maximum atomic E-state index is 9.60. The van der Waals surface area contributed by atoms with Crippen LogP contribution in [0.1, 0.15) is 5.56 Å². The van der Waals surface area contributed by atoms with Gasteiger partial charge in [-0.25, -0.2) is 0 Å². The van der Waals surface area contributed by atoms with Gasteiger partial charge in [-0.2, -0.15) is 5.10 Å². The fourth-order valence-corrected chi connectivity index (χ4v) is 1.98. The molecular formula is C10H10BrN3O. The molecule has 1 aromatic heterocycles. The summed E-state index contributed by atoms with van der Waals surface area (Å²) in [4.78, 5) is 0. The van der Waals surface area contributed by atoms with Crippen LogP contribution < -0.4 is 5.73 Å². The van der Waals surface area contributed by atoms with Gasteiger partial charge in [0.25, 0.3) is 0 Å². The number of benzene rings is 1. The first-order chi connectivity index (χ1) is 7.09. The van der Waals surface area contributed by atoms with Gasteiger partial charge in [0.2, 0.25) is 0 Å². The number of phenols is 1. The molecular weight excluding hydrogens is 258 g/mol. The molecule has 5 heteroatoms.